The van der Waals surface area contributed by atoms with Crippen LogP contribution in [0.25, 0.3) is 0 Å². The summed E-state index contributed by atoms with van der Waals surface area (Å²) in [7, 11) is -4.88. The SMILES string of the molecule is O=C(CNC(=O)CSC(=O)c1ccccc1)NCC(=O)NCC(=O)ON1C(=O)C[C@H](S(=O)(=O)O)C1=O. The highest BCUT2D eigenvalue weighted by molar-refractivity contribution is 8.14. The number of carbonyl (C=O) groups is 7. The van der Waals surface area contributed by atoms with E-state index < -0.39 is 76.9 Å². The summed E-state index contributed by atoms with van der Waals surface area (Å²) in [5.41, 5.74) is 0.420. The number of nitrogens with one attached hydrogen (secondary N) is 3. The summed E-state index contributed by atoms with van der Waals surface area (Å²) in [5, 5.41) is 3.92. The number of amides is 5. The number of rotatable bonds is 11. The average molecular weight is 545 g/mol. The maximum absolute atomic E-state index is 11.9. The first-order valence-electron chi connectivity index (χ1n) is 9.94. The zero-order chi connectivity index (χ0) is 26.9. The fourth-order valence-electron chi connectivity index (χ4n) is 2.54. The molecule has 0 radical (unpaired) electrons. The van der Waals surface area contributed by atoms with Gasteiger partial charge in [0, 0.05) is 5.56 Å². The molecular weight excluding hydrogens is 524 g/mol. The van der Waals surface area contributed by atoms with Gasteiger partial charge in [-0.25, -0.2) is 4.79 Å². The zero-order valence-corrected chi connectivity index (χ0v) is 19.9. The van der Waals surface area contributed by atoms with Crippen molar-refractivity contribution in [3.8, 4) is 0 Å². The van der Waals surface area contributed by atoms with Crippen molar-refractivity contribution in [2.75, 3.05) is 25.4 Å². The molecule has 0 aliphatic carbocycles. The van der Waals surface area contributed by atoms with Gasteiger partial charge in [0.1, 0.15) is 6.54 Å². The number of hydroxylamine groups is 2. The lowest BCUT2D eigenvalue weighted by Crippen LogP contribution is -2.44. The van der Waals surface area contributed by atoms with Crippen LogP contribution in [-0.2, 0) is 43.7 Å². The Hall–Kier alpha value is -3.83. The summed E-state index contributed by atoms with van der Waals surface area (Å²) in [6, 6.07) is 8.27. The van der Waals surface area contributed by atoms with E-state index in [1.165, 1.54) is 0 Å². The third-order valence-corrected chi connectivity index (χ3v) is 6.27. The number of carbonyl (C=O) groups excluding carboxylic acids is 7. The van der Waals surface area contributed by atoms with Crippen LogP contribution in [0, 0.1) is 0 Å². The highest BCUT2D eigenvalue weighted by atomic mass is 32.2. The first-order chi connectivity index (χ1) is 16.9. The maximum Gasteiger partial charge on any atom is 0.352 e. The largest absolute Gasteiger partial charge is 0.352 e. The van der Waals surface area contributed by atoms with E-state index in [1.807, 2.05) is 5.32 Å². The Kier molecular flexibility index (Phi) is 10.1. The molecule has 15 nitrogen and oxygen atoms in total. The van der Waals surface area contributed by atoms with Gasteiger partial charge in [0.2, 0.25) is 22.8 Å². The predicted molar refractivity (Wildman–Crippen MR) is 120 cm³/mol. The summed E-state index contributed by atoms with van der Waals surface area (Å²) in [6.45, 7) is -1.93. The summed E-state index contributed by atoms with van der Waals surface area (Å²) >= 11 is 0.751. The molecule has 0 aromatic heterocycles. The Labute approximate surface area is 208 Å². The van der Waals surface area contributed by atoms with E-state index in [2.05, 4.69) is 15.5 Å². The van der Waals surface area contributed by atoms with Gasteiger partial charge in [-0.05, 0) is 0 Å². The highest BCUT2D eigenvalue weighted by Crippen LogP contribution is 2.19. The first-order valence-corrected chi connectivity index (χ1v) is 12.4. The minimum absolute atomic E-state index is 0.122. The fraction of sp³-hybridized carbons (Fsp3) is 0.316. The van der Waals surface area contributed by atoms with Crippen LogP contribution in [0.4, 0.5) is 0 Å². The molecule has 1 heterocycles. The van der Waals surface area contributed by atoms with Crippen LogP contribution in [-0.4, -0.2) is 89.3 Å². The van der Waals surface area contributed by atoms with Crippen LogP contribution in [0.1, 0.15) is 16.8 Å². The molecule has 1 fully saturated rings. The second-order valence-electron chi connectivity index (χ2n) is 6.97. The molecule has 5 amide bonds. The van der Waals surface area contributed by atoms with Gasteiger partial charge >= 0.3 is 5.97 Å². The van der Waals surface area contributed by atoms with E-state index in [9.17, 15) is 42.0 Å². The van der Waals surface area contributed by atoms with E-state index in [1.54, 1.807) is 30.3 Å². The smallest absolute Gasteiger partial charge is 0.346 e. The van der Waals surface area contributed by atoms with Gasteiger partial charge in [-0.3, -0.25) is 33.3 Å². The normalized spacial score (nSPS) is 15.2. The summed E-state index contributed by atoms with van der Waals surface area (Å²) < 4.78 is 31.0. The average Bonchev–Trinajstić information content (AvgIpc) is 3.12. The monoisotopic (exact) mass is 544 g/mol. The quantitative estimate of drug-likeness (QED) is 0.166. The molecule has 1 aliphatic rings. The van der Waals surface area contributed by atoms with Gasteiger partial charge in [0.25, 0.3) is 21.9 Å². The Morgan fingerprint density at radius 1 is 0.944 bits per heavy atom. The predicted octanol–water partition coefficient (Wildman–Crippen LogP) is -2.62. The van der Waals surface area contributed by atoms with Crippen molar-refractivity contribution in [3.63, 3.8) is 0 Å². The van der Waals surface area contributed by atoms with Gasteiger partial charge in [-0.15, -0.1) is 5.06 Å². The van der Waals surface area contributed by atoms with E-state index >= 15 is 0 Å². The number of hydrogen-bond donors (Lipinski definition) is 4. The van der Waals surface area contributed by atoms with Crippen molar-refractivity contribution >= 4 is 62.5 Å². The van der Waals surface area contributed by atoms with Crippen LogP contribution < -0.4 is 16.0 Å². The van der Waals surface area contributed by atoms with Gasteiger partial charge in [0.05, 0.1) is 25.3 Å². The van der Waals surface area contributed by atoms with Crippen LogP contribution in [0.3, 0.4) is 0 Å². The van der Waals surface area contributed by atoms with Crippen molar-refractivity contribution in [3.05, 3.63) is 35.9 Å². The molecule has 1 atom stereocenters. The van der Waals surface area contributed by atoms with Gasteiger partial charge in [-0.2, -0.15) is 8.42 Å². The first kappa shape index (κ1) is 28.4. The molecule has 1 aliphatic heterocycles. The molecule has 1 aromatic carbocycles. The molecule has 0 bridgehead atoms. The van der Waals surface area contributed by atoms with Crippen molar-refractivity contribution in [1.82, 2.24) is 21.0 Å². The van der Waals surface area contributed by atoms with Crippen LogP contribution in [0.15, 0.2) is 30.3 Å². The maximum atomic E-state index is 11.9. The lowest BCUT2D eigenvalue weighted by molar-refractivity contribution is -0.196. The number of nitrogens with zero attached hydrogens (tertiary/aromatic N) is 1. The number of hydrogen-bond acceptors (Lipinski definition) is 11. The molecule has 1 saturated heterocycles. The third-order valence-electron chi connectivity index (χ3n) is 4.28. The van der Waals surface area contributed by atoms with Crippen molar-refractivity contribution in [1.29, 1.82) is 0 Å². The fourth-order valence-corrected chi connectivity index (χ4v) is 3.91. The molecule has 0 unspecified atom stereocenters. The highest BCUT2D eigenvalue weighted by Gasteiger charge is 2.48. The molecule has 4 N–H and O–H groups in total. The lowest BCUT2D eigenvalue weighted by atomic mass is 10.2. The summed E-state index contributed by atoms with van der Waals surface area (Å²) in [6.07, 6.45) is -0.915. The topological polar surface area (TPSA) is 222 Å². The summed E-state index contributed by atoms with van der Waals surface area (Å²) in [4.78, 5) is 86.7. The Bertz CT molecular complexity index is 1170. The van der Waals surface area contributed by atoms with Crippen LogP contribution in [0.2, 0.25) is 0 Å². The van der Waals surface area contributed by atoms with E-state index in [-0.39, 0.29) is 15.9 Å². The molecule has 0 saturated carbocycles. The Morgan fingerprint density at radius 3 is 2.06 bits per heavy atom. The second kappa shape index (κ2) is 12.8. The van der Waals surface area contributed by atoms with E-state index in [0.29, 0.717) is 5.56 Å². The van der Waals surface area contributed by atoms with E-state index in [0.717, 1.165) is 11.8 Å². The molecular formula is C19H20N4O11S2. The zero-order valence-electron chi connectivity index (χ0n) is 18.3. The standard InChI is InChI=1S/C19H20N4O11S2/c24-13(8-21-15(26)10-35-19(30)11-4-2-1-3-5-11)20-7-14(25)22-9-17(28)34-23-16(27)6-12(18(23)29)36(31,32)33/h1-5,12H,6-10H2,(H,20,24)(H,21,26)(H,22,25)(H,31,32,33)/t12-/m0/s1. The number of imide groups is 1. The number of thioether (sulfide) groups is 1. The minimum Gasteiger partial charge on any atom is -0.346 e. The lowest BCUT2D eigenvalue weighted by Gasteiger charge is -2.13. The molecule has 36 heavy (non-hydrogen) atoms. The molecule has 17 heteroatoms. The minimum atomic E-state index is -4.88. The molecule has 194 valence electrons. The molecule has 1 aromatic rings. The second-order valence-corrected chi connectivity index (χ2v) is 9.52. The van der Waals surface area contributed by atoms with E-state index in [4.69, 9.17) is 4.55 Å². The molecule has 0 spiro atoms. The van der Waals surface area contributed by atoms with Crippen LogP contribution in [0.5, 0.6) is 0 Å². The van der Waals surface area contributed by atoms with Crippen molar-refractivity contribution in [2.24, 2.45) is 0 Å². The van der Waals surface area contributed by atoms with Gasteiger partial charge in [0.15, 0.2) is 5.25 Å². The van der Waals surface area contributed by atoms with Crippen molar-refractivity contribution in [2.45, 2.75) is 11.7 Å². The van der Waals surface area contributed by atoms with Crippen LogP contribution >= 0.6 is 11.8 Å². The molecule has 2 rings (SSSR count). The Morgan fingerprint density at radius 2 is 1.50 bits per heavy atom. The Balaban J connectivity index is 1.62. The number of benzene rings is 1. The third kappa shape index (κ3) is 8.75. The summed E-state index contributed by atoms with van der Waals surface area (Å²) in [5.74, 6) is -6.37. The van der Waals surface area contributed by atoms with Gasteiger partial charge in [-0.1, -0.05) is 42.1 Å². The van der Waals surface area contributed by atoms with Gasteiger partial charge < -0.3 is 20.8 Å². The van der Waals surface area contributed by atoms with Crippen molar-refractivity contribution < 1.29 is 51.4 Å².